The van der Waals surface area contributed by atoms with Crippen molar-refractivity contribution in [1.82, 2.24) is 20.4 Å². The maximum absolute atomic E-state index is 13.2. The second-order valence-corrected chi connectivity index (χ2v) is 9.93. The van der Waals surface area contributed by atoms with Gasteiger partial charge in [0.25, 0.3) is 5.91 Å². The molecule has 200 valence electrons. The Labute approximate surface area is 228 Å². The molecule has 2 N–H and O–H groups in total. The number of hydrogen-bond donors (Lipinski definition) is 2. The number of aromatic nitrogens is 2. The van der Waals surface area contributed by atoms with Gasteiger partial charge in [0.05, 0.1) is 23.7 Å². The van der Waals surface area contributed by atoms with Gasteiger partial charge >= 0.3 is 0 Å². The van der Waals surface area contributed by atoms with Crippen molar-refractivity contribution in [2.75, 3.05) is 25.0 Å². The third-order valence-corrected chi connectivity index (χ3v) is 7.06. The number of benzene rings is 3. The molecule has 0 radical (unpaired) electrons. The van der Waals surface area contributed by atoms with Crippen LogP contribution in [0.5, 0.6) is 0 Å². The molecular formula is C31H33N5O3. The highest BCUT2D eigenvalue weighted by Gasteiger charge is 2.28. The number of aryl methyl sites for hydroxylation is 1. The van der Waals surface area contributed by atoms with E-state index in [4.69, 9.17) is 4.52 Å². The Hall–Kier alpha value is -4.30. The minimum absolute atomic E-state index is 0.0876. The summed E-state index contributed by atoms with van der Waals surface area (Å²) < 4.78 is 5.52. The van der Waals surface area contributed by atoms with E-state index in [9.17, 15) is 9.59 Å². The van der Waals surface area contributed by atoms with E-state index in [0.717, 1.165) is 42.5 Å². The summed E-state index contributed by atoms with van der Waals surface area (Å²) >= 11 is 0. The molecule has 1 unspecified atom stereocenters. The minimum Gasteiger partial charge on any atom is -0.352 e. The molecule has 1 fully saturated rings. The Bertz CT molecular complexity index is 1420. The average molecular weight is 524 g/mol. The van der Waals surface area contributed by atoms with Crippen molar-refractivity contribution in [3.8, 4) is 11.4 Å². The number of likely N-dealkylation sites (tertiary alicyclic amines) is 1. The van der Waals surface area contributed by atoms with Gasteiger partial charge < -0.3 is 15.2 Å². The van der Waals surface area contributed by atoms with Crippen molar-refractivity contribution < 1.29 is 14.1 Å². The molecule has 8 heteroatoms. The van der Waals surface area contributed by atoms with Crippen LogP contribution in [0.4, 0.5) is 5.69 Å². The lowest BCUT2D eigenvalue weighted by atomic mass is 9.96. The third kappa shape index (κ3) is 6.78. The lowest BCUT2D eigenvalue weighted by Crippen LogP contribution is -2.40. The SMILES string of the molecule is Cc1ccccc1-c1noc(CN2CCCC(C(=O)Nc3ccccc3C(=O)NCCc3ccccc3)C2)n1. The number of carbonyl (C=O) groups excluding carboxylic acids is 2. The molecule has 0 spiro atoms. The maximum atomic E-state index is 13.2. The normalized spacial score (nSPS) is 15.6. The molecule has 1 saturated heterocycles. The second kappa shape index (κ2) is 12.5. The van der Waals surface area contributed by atoms with E-state index < -0.39 is 0 Å². The highest BCUT2D eigenvalue weighted by Crippen LogP contribution is 2.24. The van der Waals surface area contributed by atoms with E-state index in [2.05, 4.69) is 25.7 Å². The molecule has 4 aromatic rings. The fraction of sp³-hybridized carbons (Fsp3) is 0.290. The first-order chi connectivity index (χ1) is 19.1. The Balaban J connectivity index is 1.17. The van der Waals surface area contributed by atoms with E-state index >= 15 is 0 Å². The highest BCUT2D eigenvalue weighted by molar-refractivity contribution is 6.04. The average Bonchev–Trinajstić information content (AvgIpc) is 3.42. The van der Waals surface area contributed by atoms with E-state index in [1.807, 2.05) is 67.6 Å². The summed E-state index contributed by atoms with van der Waals surface area (Å²) in [5, 5.41) is 10.1. The first-order valence-electron chi connectivity index (χ1n) is 13.4. The molecule has 5 rings (SSSR count). The lowest BCUT2D eigenvalue weighted by Gasteiger charge is -2.31. The number of nitrogens with zero attached hydrogens (tertiary/aromatic N) is 3. The van der Waals surface area contributed by atoms with Gasteiger partial charge in [0, 0.05) is 18.7 Å². The third-order valence-electron chi connectivity index (χ3n) is 7.06. The van der Waals surface area contributed by atoms with Crippen molar-refractivity contribution in [2.24, 2.45) is 5.92 Å². The fourth-order valence-electron chi connectivity index (χ4n) is 4.94. The molecule has 1 aliphatic heterocycles. The van der Waals surface area contributed by atoms with Gasteiger partial charge in [-0.3, -0.25) is 14.5 Å². The summed E-state index contributed by atoms with van der Waals surface area (Å²) in [6.45, 7) is 4.46. The molecule has 0 bridgehead atoms. The summed E-state index contributed by atoms with van der Waals surface area (Å²) in [6, 6.07) is 25.1. The van der Waals surface area contributed by atoms with Gasteiger partial charge in [-0.15, -0.1) is 0 Å². The summed E-state index contributed by atoms with van der Waals surface area (Å²) in [5.74, 6) is 0.620. The largest absolute Gasteiger partial charge is 0.352 e. The molecule has 0 aliphatic carbocycles. The minimum atomic E-state index is -0.202. The van der Waals surface area contributed by atoms with Crippen LogP contribution in [0.3, 0.4) is 0 Å². The van der Waals surface area contributed by atoms with Crippen molar-refractivity contribution in [3.63, 3.8) is 0 Å². The fourth-order valence-corrected chi connectivity index (χ4v) is 4.94. The summed E-state index contributed by atoms with van der Waals surface area (Å²) in [6.07, 6.45) is 2.41. The molecule has 0 saturated carbocycles. The van der Waals surface area contributed by atoms with Gasteiger partial charge in [0.15, 0.2) is 0 Å². The van der Waals surface area contributed by atoms with Crippen LogP contribution in [0.1, 0.15) is 40.2 Å². The van der Waals surface area contributed by atoms with Crippen molar-refractivity contribution >= 4 is 17.5 Å². The molecule has 1 atom stereocenters. The zero-order valence-corrected chi connectivity index (χ0v) is 22.1. The molecule has 3 aromatic carbocycles. The van der Waals surface area contributed by atoms with Gasteiger partial charge in [-0.25, -0.2) is 0 Å². The van der Waals surface area contributed by atoms with Crippen LogP contribution >= 0.6 is 0 Å². The van der Waals surface area contributed by atoms with Crippen LogP contribution < -0.4 is 10.6 Å². The number of piperidine rings is 1. The zero-order valence-electron chi connectivity index (χ0n) is 22.1. The first kappa shape index (κ1) is 26.3. The number of hydrogen-bond acceptors (Lipinski definition) is 6. The van der Waals surface area contributed by atoms with Crippen molar-refractivity contribution in [2.45, 2.75) is 32.7 Å². The predicted molar refractivity (Wildman–Crippen MR) is 150 cm³/mol. The summed E-state index contributed by atoms with van der Waals surface area (Å²) in [4.78, 5) is 32.9. The molecule has 1 aromatic heterocycles. The quantitative estimate of drug-likeness (QED) is 0.325. The highest BCUT2D eigenvalue weighted by atomic mass is 16.5. The Morgan fingerprint density at radius 3 is 2.62 bits per heavy atom. The van der Waals surface area contributed by atoms with Crippen LogP contribution in [-0.4, -0.2) is 46.5 Å². The van der Waals surface area contributed by atoms with Gasteiger partial charge in [-0.05, 0) is 56.0 Å². The second-order valence-electron chi connectivity index (χ2n) is 9.93. The molecule has 2 heterocycles. The van der Waals surface area contributed by atoms with Gasteiger partial charge in [0.2, 0.25) is 17.6 Å². The van der Waals surface area contributed by atoms with Crippen LogP contribution in [-0.2, 0) is 17.8 Å². The summed E-state index contributed by atoms with van der Waals surface area (Å²) in [5.41, 5.74) is 4.18. The molecular weight excluding hydrogens is 490 g/mol. The molecule has 1 aliphatic rings. The molecule has 39 heavy (non-hydrogen) atoms. The monoisotopic (exact) mass is 523 g/mol. The first-order valence-corrected chi connectivity index (χ1v) is 13.4. The number of amides is 2. The van der Waals surface area contributed by atoms with Crippen molar-refractivity contribution in [1.29, 1.82) is 0 Å². The van der Waals surface area contributed by atoms with E-state index in [0.29, 0.717) is 42.6 Å². The van der Waals surface area contributed by atoms with Gasteiger partial charge in [-0.1, -0.05) is 71.9 Å². The van der Waals surface area contributed by atoms with Gasteiger partial charge in [0.1, 0.15) is 0 Å². The number of para-hydroxylation sites is 1. The van der Waals surface area contributed by atoms with Crippen LogP contribution in [0.2, 0.25) is 0 Å². The Morgan fingerprint density at radius 2 is 1.77 bits per heavy atom. The smallest absolute Gasteiger partial charge is 0.253 e. The maximum Gasteiger partial charge on any atom is 0.253 e. The number of anilines is 1. The van der Waals surface area contributed by atoms with Crippen LogP contribution in [0.25, 0.3) is 11.4 Å². The predicted octanol–water partition coefficient (Wildman–Crippen LogP) is 4.87. The molecule has 8 nitrogen and oxygen atoms in total. The standard InChI is InChI=1S/C31H33N5O3/c1-22-10-5-6-14-25(22)29-34-28(39-35-29)21-36-19-9-13-24(20-36)30(37)33-27-16-8-7-15-26(27)31(38)32-18-17-23-11-3-2-4-12-23/h2-8,10-12,14-16,24H,9,13,17-21H2,1H3,(H,32,38)(H,33,37). The van der Waals surface area contributed by atoms with E-state index in [-0.39, 0.29) is 17.7 Å². The number of rotatable bonds is 9. The Kier molecular flexibility index (Phi) is 8.43. The Morgan fingerprint density at radius 1 is 1.00 bits per heavy atom. The van der Waals surface area contributed by atoms with Gasteiger partial charge in [-0.2, -0.15) is 4.98 Å². The topological polar surface area (TPSA) is 100 Å². The number of nitrogens with one attached hydrogen (secondary N) is 2. The number of carbonyl (C=O) groups is 2. The molecule has 2 amide bonds. The van der Waals surface area contributed by atoms with Crippen LogP contribution in [0, 0.1) is 12.8 Å². The van der Waals surface area contributed by atoms with E-state index in [1.165, 1.54) is 0 Å². The van der Waals surface area contributed by atoms with E-state index in [1.54, 1.807) is 18.2 Å². The lowest BCUT2D eigenvalue weighted by molar-refractivity contribution is -0.121. The van der Waals surface area contributed by atoms with Crippen LogP contribution in [0.15, 0.2) is 83.4 Å². The van der Waals surface area contributed by atoms with Crippen molar-refractivity contribution in [3.05, 3.63) is 101 Å². The zero-order chi connectivity index (χ0) is 27.0. The summed E-state index contributed by atoms with van der Waals surface area (Å²) in [7, 11) is 0.